The van der Waals surface area contributed by atoms with Crippen LogP contribution >= 0.6 is 11.6 Å². The number of hydrogen-bond donors (Lipinski definition) is 0. The van der Waals surface area contributed by atoms with Gasteiger partial charge in [-0.2, -0.15) is 0 Å². The van der Waals surface area contributed by atoms with E-state index in [9.17, 15) is 4.79 Å². The van der Waals surface area contributed by atoms with Crippen molar-refractivity contribution in [2.45, 2.75) is 42.6 Å². The summed E-state index contributed by atoms with van der Waals surface area (Å²) in [5, 5.41) is 0.335. The Morgan fingerprint density at radius 3 is 1.78 bits per heavy atom. The number of fused-ring (bicyclic) bond motifs is 4. The summed E-state index contributed by atoms with van der Waals surface area (Å²) < 4.78 is 22.5. The molecule has 0 radical (unpaired) electrons. The standard InChI is InChI=1S/C9H12O3.C8H11ClO2/c10-5-7-6-1-2-9(8(6)7)11-3-4-12-9;9-7-5-1-2-8(6(5)7)10-3-4-11-8/h5-8H,1-4H2;5-7H,1-4H2/t6-,7-,8-;5-,6+,7?/m10/s1. The molecule has 2 heterocycles. The Morgan fingerprint density at radius 1 is 0.826 bits per heavy atom. The van der Waals surface area contributed by atoms with Crippen molar-refractivity contribution in [3.05, 3.63) is 0 Å². The molecule has 4 saturated carbocycles. The van der Waals surface area contributed by atoms with Gasteiger partial charge in [0.05, 0.1) is 26.4 Å². The summed E-state index contributed by atoms with van der Waals surface area (Å²) in [7, 11) is 0. The number of carbonyl (C=O) groups excluding carboxylic acids is 1. The van der Waals surface area contributed by atoms with Crippen molar-refractivity contribution in [2.75, 3.05) is 26.4 Å². The predicted molar refractivity (Wildman–Crippen MR) is 80.9 cm³/mol. The van der Waals surface area contributed by atoms with Crippen molar-refractivity contribution in [1.82, 2.24) is 0 Å². The Labute approximate surface area is 140 Å². The fourth-order valence-corrected chi connectivity index (χ4v) is 6.08. The summed E-state index contributed by atoms with van der Waals surface area (Å²) in [5.41, 5.74) is 0. The highest BCUT2D eigenvalue weighted by Gasteiger charge is 2.69. The average molecular weight is 343 g/mol. The second-order valence-corrected chi connectivity index (χ2v) is 8.14. The van der Waals surface area contributed by atoms with Gasteiger partial charge in [0, 0.05) is 36.0 Å². The van der Waals surface area contributed by atoms with Crippen LogP contribution in [0.15, 0.2) is 0 Å². The minimum absolute atomic E-state index is 0.233. The van der Waals surface area contributed by atoms with Crippen molar-refractivity contribution < 1.29 is 23.7 Å². The lowest BCUT2D eigenvalue weighted by atomic mass is 10.1. The zero-order valence-corrected chi connectivity index (χ0v) is 13.9. The van der Waals surface area contributed by atoms with Gasteiger partial charge >= 0.3 is 0 Å². The lowest BCUT2D eigenvalue weighted by Gasteiger charge is -2.24. The molecule has 0 N–H and O–H groups in total. The summed E-state index contributed by atoms with van der Waals surface area (Å²) >= 11 is 6.06. The van der Waals surface area contributed by atoms with Gasteiger partial charge in [0.1, 0.15) is 6.29 Å². The van der Waals surface area contributed by atoms with Crippen LogP contribution in [0, 0.1) is 29.6 Å². The number of rotatable bonds is 1. The monoisotopic (exact) mass is 342 g/mol. The lowest BCUT2D eigenvalue weighted by molar-refractivity contribution is -0.171. The van der Waals surface area contributed by atoms with Crippen molar-refractivity contribution in [1.29, 1.82) is 0 Å². The van der Waals surface area contributed by atoms with Gasteiger partial charge in [-0.25, -0.2) is 0 Å². The van der Waals surface area contributed by atoms with Crippen LogP contribution in [-0.4, -0.2) is 49.7 Å². The molecule has 0 bridgehead atoms. The average Bonchev–Trinajstić information content (AvgIpc) is 3.11. The zero-order valence-electron chi connectivity index (χ0n) is 13.1. The van der Waals surface area contributed by atoms with E-state index in [2.05, 4.69) is 0 Å². The molecule has 6 fully saturated rings. The Kier molecular flexibility index (Phi) is 3.38. The van der Waals surface area contributed by atoms with E-state index in [4.69, 9.17) is 30.5 Å². The molecule has 6 rings (SSSR count). The van der Waals surface area contributed by atoms with Crippen LogP contribution < -0.4 is 0 Å². The molecule has 2 spiro atoms. The number of alkyl halides is 1. The van der Waals surface area contributed by atoms with E-state index >= 15 is 0 Å². The van der Waals surface area contributed by atoms with Gasteiger partial charge in [0.2, 0.25) is 0 Å². The van der Waals surface area contributed by atoms with Crippen LogP contribution in [-0.2, 0) is 23.7 Å². The van der Waals surface area contributed by atoms with Gasteiger partial charge in [0.25, 0.3) is 0 Å². The SMILES string of the molecule is ClC1[C@H]2CCC3(OCCO3)[C@@H]12.O=C[C@@H]1[C@H]2CCC3(OCCO3)[C@@H]12. The number of halogens is 1. The third kappa shape index (κ3) is 2.10. The summed E-state index contributed by atoms with van der Waals surface area (Å²) in [4.78, 5) is 10.6. The van der Waals surface area contributed by atoms with Crippen LogP contribution in [0.4, 0.5) is 0 Å². The summed E-state index contributed by atoms with van der Waals surface area (Å²) in [6, 6.07) is 0. The minimum Gasteiger partial charge on any atom is -0.347 e. The van der Waals surface area contributed by atoms with Crippen molar-refractivity contribution in [3.63, 3.8) is 0 Å². The molecular weight excluding hydrogens is 320 g/mol. The zero-order chi connectivity index (χ0) is 15.7. The number of carbonyl (C=O) groups is 1. The van der Waals surface area contributed by atoms with E-state index in [1.54, 1.807) is 0 Å². The van der Waals surface area contributed by atoms with E-state index in [0.717, 1.165) is 38.8 Å². The van der Waals surface area contributed by atoms with Crippen LogP contribution in [0.2, 0.25) is 0 Å². The maximum Gasteiger partial charge on any atom is 0.173 e. The smallest absolute Gasteiger partial charge is 0.173 e. The van der Waals surface area contributed by atoms with E-state index in [1.807, 2.05) is 0 Å². The number of ether oxygens (including phenoxy) is 4. The normalized spacial score (nSPS) is 49.6. The first kappa shape index (κ1) is 15.1. The van der Waals surface area contributed by atoms with Crippen LogP contribution in [0.1, 0.15) is 25.7 Å². The van der Waals surface area contributed by atoms with Crippen LogP contribution in [0.5, 0.6) is 0 Å². The summed E-state index contributed by atoms with van der Waals surface area (Å²) in [6.45, 7) is 2.92. The fourth-order valence-electron chi connectivity index (χ4n) is 5.50. The van der Waals surface area contributed by atoms with Crippen molar-refractivity contribution in [3.8, 4) is 0 Å². The van der Waals surface area contributed by atoms with Gasteiger partial charge in [-0.15, -0.1) is 11.6 Å². The van der Waals surface area contributed by atoms with Crippen molar-refractivity contribution >= 4 is 17.9 Å². The molecule has 23 heavy (non-hydrogen) atoms. The molecule has 0 amide bonds. The van der Waals surface area contributed by atoms with Gasteiger partial charge in [0.15, 0.2) is 11.6 Å². The molecule has 0 aromatic heterocycles. The largest absolute Gasteiger partial charge is 0.347 e. The van der Waals surface area contributed by atoms with E-state index in [-0.39, 0.29) is 17.5 Å². The first-order valence-electron chi connectivity index (χ1n) is 8.86. The molecular formula is C17H23ClO5. The Bertz CT molecular complexity index is 488. The molecule has 2 aliphatic heterocycles. The molecule has 6 atom stereocenters. The van der Waals surface area contributed by atoms with Gasteiger partial charge in [-0.05, 0) is 24.7 Å². The van der Waals surface area contributed by atoms with Crippen molar-refractivity contribution in [2.24, 2.45) is 29.6 Å². The Hall–Kier alpha value is -0.200. The molecule has 128 valence electrons. The Balaban J connectivity index is 0.000000106. The second-order valence-electron chi connectivity index (χ2n) is 7.63. The van der Waals surface area contributed by atoms with Crippen LogP contribution in [0.3, 0.4) is 0 Å². The van der Waals surface area contributed by atoms with Gasteiger partial charge < -0.3 is 23.7 Å². The molecule has 0 aromatic carbocycles. The van der Waals surface area contributed by atoms with E-state index in [1.165, 1.54) is 6.42 Å². The topological polar surface area (TPSA) is 54.0 Å². The Morgan fingerprint density at radius 2 is 1.35 bits per heavy atom. The number of aldehydes is 1. The lowest BCUT2D eigenvalue weighted by Crippen LogP contribution is -2.31. The predicted octanol–water partition coefficient (Wildman–Crippen LogP) is 1.96. The molecule has 2 saturated heterocycles. The highest BCUT2D eigenvalue weighted by Crippen LogP contribution is 2.64. The molecule has 0 aromatic rings. The first-order valence-corrected chi connectivity index (χ1v) is 9.30. The molecule has 4 aliphatic carbocycles. The summed E-state index contributed by atoms with van der Waals surface area (Å²) in [5.74, 6) is 1.81. The molecule has 1 unspecified atom stereocenters. The quantitative estimate of drug-likeness (QED) is 0.538. The first-order chi connectivity index (χ1) is 11.2. The highest BCUT2D eigenvalue weighted by atomic mass is 35.5. The van der Waals surface area contributed by atoms with Gasteiger partial charge in [-0.1, -0.05) is 0 Å². The molecule has 5 nitrogen and oxygen atoms in total. The third-order valence-electron chi connectivity index (χ3n) is 6.68. The van der Waals surface area contributed by atoms with Crippen LogP contribution in [0.25, 0.3) is 0 Å². The highest BCUT2D eigenvalue weighted by molar-refractivity contribution is 6.23. The number of hydrogen-bond acceptors (Lipinski definition) is 5. The van der Waals surface area contributed by atoms with Gasteiger partial charge in [-0.3, -0.25) is 0 Å². The second kappa shape index (κ2) is 5.15. The molecule has 6 heteroatoms. The summed E-state index contributed by atoms with van der Waals surface area (Å²) in [6.07, 6.45) is 5.42. The van der Waals surface area contributed by atoms with E-state index < -0.39 is 0 Å². The maximum absolute atomic E-state index is 10.6. The van der Waals surface area contributed by atoms with E-state index in [0.29, 0.717) is 42.3 Å². The third-order valence-corrected chi connectivity index (χ3v) is 7.27. The fraction of sp³-hybridized carbons (Fsp3) is 0.941. The molecule has 6 aliphatic rings. The maximum atomic E-state index is 10.6. The minimum atomic E-state index is -0.337.